The second-order valence-corrected chi connectivity index (χ2v) is 2.56. The smallest absolute Gasteiger partial charge is 0.312 e. The van der Waals surface area contributed by atoms with Crippen molar-refractivity contribution in [3.8, 4) is 0 Å². The maximum atomic E-state index is 10.7. The van der Waals surface area contributed by atoms with Gasteiger partial charge < -0.3 is 4.74 Å². The zero-order valence-electron chi connectivity index (χ0n) is 5.42. The van der Waals surface area contributed by atoms with E-state index in [0.717, 1.165) is 0 Å². The molecular weight excluding hydrogens is 152 g/mol. The Morgan fingerprint density at radius 1 is 1.80 bits per heavy atom. The lowest BCUT2D eigenvalue weighted by molar-refractivity contribution is -0.133. The highest BCUT2D eigenvalue weighted by Gasteiger charge is 2.32. The third-order valence-corrected chi connectivity index (χ3v) is 1.73. The summed E-state index contributed by atoms with van der Waals surface area (Å²) in [6.07, 6.45) is 0.119. The van der Waals surface area contributed by atoms with Gasteiger partial charge in [-0.15, -0.1) is 0 Å². The van der Waals surface area contributed by atoms with E-state index in [1.165, 1.54) is 6.92 Å². The van der Waals surface area contributed by atoms with Crippen molar-refractivity contribution in [1.82, 2.24) is 0 Å². The van der Waals surface area contributed by atoms with Crippen LogP contribution < -0.4 is 0 Å². The molecule has 3 nitrogen and oxygen atoms in total. The van der Waals surface area contributed by atoms with Crippen molar-refractivity contribution >= 4 is 29.0 Å². The molecule has 0 spiro atoms. The number of carbonyl (C=O) groups is 2. The highest BCUT2D eigenvalue weighted by molar-refractivity contribution is 7.80. The number of hydrogen-bond acceptors (Lipinski definition) is 4. The van der Waals surface area contributed by atoms with Gasteiger partial charge in [0.25, 0.3) is 0 Å². The van der Waals surface area contributed by atoms with Gasteiger partial charge in [0.15, 0.2) is 5.05 Å². The molecule has 1 unspecified atom stereocenters. The maximum Gasteiger partial charge on any atom is 0.312 e. The number of hydrogen-bond donors (Lipinski definition) is 0. The van der Waals surface area contributed by atoms with Gasteiger partial charge in [-0.2, -0.15) is 0 Å². The molecule has 1 aliphatic rings. The fourth-order valence-corrected chi connectivity index (χ4v) is 1.13. The van der Waals surface area contributed by atoms with Gasteiger partial charge in [-0.05, 0) is 19.1 Å². The summed E-state index contributed by atoms with van der Waals surface area (Å²) in [5.74, 6) is -0.969. The Morgan fingerprint density at radius 2 is 2.40 bits per heavy atom. The van der Waals surface area contributed by atoms with E-state index in [0.29, 0.717) is 0 Å². The van der Waals surface area contributed by atoms with E-state index in [4.69, 9.17) is 0 Å². The Balaban J connectivity index is 2.72. The number of Topliss-reactive ketones (excluding diaryl/α,β-unsaturated/α-hetero) is 1. The Morgan fingerprint density at radius 3 is 2.60 bits per heavy atom. The van der Waals surface area contributed by atoms with Crippen LogP contribution in [0.25, 0.3) is 0 Å². The first-order valence-electron chi connectivity index (χ1n) is 2.86. The van der Waals surface area contributed by atoms with Crippen LogP contribution in [0, 0.1) is 5.92 Å². The molecule has 0 amide bonds. The quantitative estimate of drug-likeness (QED) is 0.411. The molecule has 4 heteroatoms. The average Bonchev–Trinajstić information content (AvgIpc) is 2.10. The second-order valence-electron chi connectivity index (χ2n) is 2.16. The SMILES string of the molecule is CC(=O)C1CC(=O)OC1=S. The predicted molar refractivity (Wildman–Crippen MR) is 37.5 cm³/mol. The maximum absolute atomic E-state index is 10.7. The van der Waals surface area contributed by atoms with Gasteiger partial charge in [0.05, 0.1) is 12.3 Å². The van der Waals surface area contributed by atoms with Crippen molar-refractivity contribution in [2.75, 3.05) is 0 Å². The van der Waals surface area contributed by atoms with Crippen molar-refractivity contribution < 1.29 is 14.3 Å². The van der Waals surface area contributed by atoms with Gasteiger partial charge in [-0.25, -0.2) is 0 Å². The number of esters is 1. The van der Waals surface area contributed by atoms with Crippen LogP contribution in [0.5, 0.6) is 0 Å². The zero-order valence-corrected chi connectivity index (χ0v) is 6.23. The number of carbonyl (C=O) groups excluding carboxylic acids is 2. The Hall–Kier alpha value is -0.770. The van der Waals surface area contributed by atoms with Crippen LogP contribution in [0.1, 0.15) is 13.3 Å². The third-order valence-electron chi connectivity index (χ3n) is 1.36. The summed E-state index contributed by atoms with van der Waals surface area (Å²) in [7, 11) is 0. The number of thiocarbonyl (C=S) groups is 1. The normalized spacial score (nSPS) is 24.7. The molecule has 0 saturated carbocycles. The predicted octanol–water partition coefficient (Wildman–Crippen LogP) is 0.466. The molecular formula is C6H6O3S. The van der Waals surface area contributed by atoms with E-state index in [2.05, 4.69) is 17.0 Å². The van der Waals surface area contributed by atoms with Gasteiger partial charge in [0.2, 0.25) is 0 Å². The Bertz CT molecular complexity index is 209. The zero-order chi connectivity index (χ0) is 7.72. The fourth-order valence-electron chi connectivity index (χ4n) is 0.785. The number of ketones is 1. The van der Waals surface area contributed by atoms with Gasteiger partial charge in [-0.3, -0.25) is 9.59 Å². The first-order valence-corrected chi connectivity index (χ1v) is 3.27. The monoisotopic (exact) mass is 158 g/mol. The minimum absolute atomic E-state index is 0.101. The molecule has 1 heterocycles. The molecule has 1 fully saturated rings. The van der Waals surface area contributed by atoms with Crippen LogP contribution in [0.2, 0.25) is 0 Å². The van der Waals surface area contributed by atoms with Gasteiger partial charge >= 0.3 is 5.97 Å². The third kappa shape index (κ3) is 1.21. The van der Waals surface area contributed by atoms with Gasteiger partial charge in [0, 0.05) is 0 Å². The average molecular weight is 158 g/mol. The lowest BCUT2D eigenvalue weighted by Gasteiger charge is -1.97. The second kappa shape index (κ2) is 2.46. The van der Waals surface area contributed by atoms with Crippen LogP contribution in [-0.4, -0.2) is 16.8 Å². The van der Waals surface area contributed by atoms with Crippen LogP contribution in [0.3, 0.4) is 0 Å². The van der Waals surface area contributed by atoms with E-state index in [1.54, 1.807) is 0 Å². The molecule has 54 valence electrons. The lowest BCUT2D eigenvalue weighted by atomic mass is 10.1. The van der Waals surface area contributed by atoms with Crippen molar-refractivity contribution in [3.05, 3.63) is 0 Å². The van der Waals surface area contributed by atoms with Gasteiger partial charge in [-0.1, -0.05) is 0 Å². The summed E-state index contributed by atoms with van der Waals surface area (Å²) in [6, 6.07) is 0. The van der Waals surface area contributed by atoms with E-state index >= 15 is 0 Å². The summed E-state index contributed by atoms with van der Waals surface area (Å²) in [6.45, 7) is 1.40. The molecule has 1 aliphatic heterocycles. The highest BCUT2D eigenvalue weighted by Crippen LogP contribution is 2.17. The lowest BCUT2D eigenvalue weighted by Crippen LogP contribution is -2.13. The van der Waals surface area contributed by atoms with Crippen LogP contribution in [0.15, 0.2) is 0 Å². The van der Waals surface area contributed by atoms with Crippen molar-refractivity contribution in [3.63, 3.8) is 0 Å². The molecule has 1 saturated heterocycles. The summed E-state index contributed by atoms with van der Waals surface area (Å²) in [5.41, 5.74) is 0. The molecule has 0 aromatic heterocycles. The molecule has 0 bridgehead atoms. The molecule has 1 atom stereocenters. The molecule has 0 radical (unpaired) electrons. The highest BCUT2D eigenvalue weighted by atomic mass is 32.1. The van der Waals surface area contributed by atoms with Crippen LogP contribution in [-0.2, 0) is 14.3 Å². The summed E-state index contributed by atoms with van der Waals surface area (Å²) < 4.78 is 4.51. The molecule has 0 aromatic rings. The van der Waals surface area contributed by atoms with Crippen molar-refractivity contribution in [2.45, 2.75) is 13.3 Å². The number of rotatable bonds is 1. The first kappa shape index (κ1) is 7.34. The van der Waals surface area contributed by atoms with Crippen molar-refractivity contribution in [1.29, 1.82) is 0 Å². The molecule has 10 heavy (non-hydrogen) atoms. The molecule has 0 aliphatic carbocycles. The first-order chi connectivity index (χ1) is 4.61. The Kier molecular flexibility index (Phi) is 1.80. The van der Waals surface area contributed by atoms with E-state index in [-0.39, 0.29) is 17.3 Å². The van der Waals surface area contributed by atoms with Gasteiger partial charge in [0.1, 0.15) is 5.78 Å². The largest absolute Gasteiger partial charge is 0.418 e. The topological polar surface area (TPSA) is 43.4 Å². The summed E-state index contributed by atoms with van der Waals surface area (Å²) >= 11 is 4.63. The summed E-state index contributed by atoms with van der Waals surface area (Å²) in [5, 5.41) is 0.123. The molecule has 0 N–H and O–H groups in total. The minimum Gasteiger partial charge on any atom is -0.418 e. The van der Waals surface area contributed by atoms with Crippen LogP contribution >= 0.6 is 12.2 Å². The number of ether oxygens (including phenoxy) is 1. The van der Waals surface area contributed by atoms with E-state index in [9.17, 15) is 9.59 Å². The molecule has 1 rings (SSSR count). The van der Waals surface area contributed by atoms with Crippen molar-refractivity contribution in [2.24, 2.45) is 5.92 Å². The minimum atomic E-state index is -0.470. The van der Waals surface area contributed by atoms with E-state index < -0.39 is 11.9 Å². The van der Waals surface area contributed by atoms with Crippen LogP contribution in [0.4, 0.5) is 0 Å². The fraction of sp³-hybridized carbons (Fsp3) is 0.500. The Labute approximate surface area is 63.4 Å². The number of cyclic esters (lactones) is 1. The van der Waals surface area contributed by atoms with E-state index in [1.807, 2.05) is 0 Å². The molecule has 0 aromatic carbocycles. The standard InChI is InChI=1S/C6H6O3S/c1-3(7)4-2-5(8)9-6(4)10/h4H,2H2,1H3. The summed E-state index contributed by atoms with van der Waals surface area (Å²) in [4.78, 5) is 21.2.